The van der Waals surface area contributed by atoms with Gasteiger partial charge in [-0.25, -0.2) is 19.9 Å². The predicted octanol–water partition coefficient (Wildman–Crippen LogP) is 0.919. The van der Waals surface area contributed by atoms with Gasteiger partial charge in [0.05, 0.1) is 23.7 Å². The minimum Gasteiger partial charge on any atom is -0.352 e. The topological polar surface area (TPSA) is 86.7 Å². The Bertz CT molecular complexity index is 863. The van der Waals surface area contributed by atoms with E-state index in [-0.39, 0.29) is 0 Å². The summed E-state index contributed by atoms with van der Waals surface area (Å²) in [5, 5.41) is 8.00. The third kappa shape index (κ3) is 1.87. The van der Waals surface area contributed by atoms with Crippen molar-refractivity contribution < 1.29 is 0 Å². The molecule has 3 aliphatic heterocycles. The lowest BCUT2D eigenvalue weighted by Gasteiger charge is -2.57. The molecular weight excluding hydrogens is 292 g/mol. The largest absolute Gasteiger partial charge is 0.352 e. The molecule has 0 saturated carbocycles. The number of piperazine rings is 1. The van der Waals surface area contributed by atoms with Crippen molar-refractivity contribution in [3.05, 3.63) is 30.6 Å². The number of aromatic nitrogens is 6. The minimum atomic E-state index is 0.456. The second-order valence-electron chi connectivity index (χ2n) is 6.15. The van der Waals surface area contributed by atoms with Gasteiger partial charge in [-0.15, -0.1) is 0 Å². The number of hydrogen-bond donors (Lipinski definition) is 1. The summed E-state index contributed by atoms with van der Waals surface area (Å²) in [5.41, 5.74) is 0.795. The minimum absolute atomic E-state index is 0.456. The van der Waals surface area contributed by atoms with Crippen molar-refractivity contribution in [2.45, 2.75) is 25.4 Å². The van der Waals surface area contributed by atoms with Crippen LogP contribution in [0.4, 0.5) is 11.6 Å². The van der Waals surface area contributed by atoms with Crippen molar-refractivity contribution in [1.29, 1.82) is 0 Å². The zero-order chi connectivity index (χ0) is 15.4. The summed E-state index contributed by atoms with van der Waals surface area (Å²) in [7, 11) is 0. The van der Waals surface area contributed by atoms with Gasteiger partial charge in [-0.1, -0.05) is 0 Å². The van der Waals surface area contributed by atoms with Crippen LogP contribution >= 0.6 is 0 Å². The lowest BCUT2D eigenvalue weighted by atomic mass is 9.87. The highest BCUT2D eigenvalue weighted by atomic mass is 15.4. The van der Waals surface area contributed by atoms with E-state index >= 15 is 0 Å². The molecule has 0 spiro atoms. The Balaban J connectivity index is 1.44. The molecule has 3 aliphatic rings. The molecule has 116 valence electrons. The fraction of sp³-hybridized carbons (Fsp3) is 0.400. The van der Waals surface area contributed by atoms with Crippen LogP contribution in [0.5, 0.6) is 0 Å². The molecule has 8 nitrogen and oxygen atoms in total. The number of fused-ring (bicyclic) bond motifs is 3. The Kier molecular flexibility index (Phi) is 2.55. The zero-order valence-corrected chi connectivity index (χ0v) is 12.7. The van der Waals surface area contributed by atoms with Gasteiger partial charge >= 0.3 is 0 Å². The molecule has 2 atom stereocenters. The fourth-order valence-electron chi connectivity index (χ4n) is 3.72. The lowest BCUT2D eigenvalue weighted by Crippen LogP contribution is -2.69. The van der Waals surface area contributed by atoms with Crippen molar-refractivity contribution >= 4 is 22.7 Å². The molecule has 0 amide bonds. The molecule has 23 heavy (non-hydrogen) atoms. The van der Waals surface area contributed by atoms with E-state index in [1.54, 1.807) is 6.33 Å². The molecule has 2 unspecified atom stereocenters. The number of aryl methyl sites for hydroxylation is 1. The average molecular weight is 308 g/mol. The van der Waals surface area contributed by atoms with Gasteiger partial charge in [-0.05, 0) is 19.4 Å². The van der Waals surface area contributed by atoms with Gasteiger partial charge in [0.25, 0.3) is 0 Å². The first-order valence-corrected chi connectivity index (χ1v) is 7.76. The van der Waals surface area contributed by atoms with Crippen molar-refractivity contribution in [2.24, 2.45) is 0 Å². The number of aromatic amines is 1. The first kappa shape index (κ1) is 12.7. The number of rotatable bonds is 2. The Morgan fingerprint density at radius 3 is 2.87 bits per heavy atom. The summed E-state index contributed by atoms with van der Waals surface area (Å²) in [4.78, 5) is 22.2. The van der Waals surface area contributed by atoms with Crippen LogP contribution in [0.25, 0.3) is 11.0 Å². The van der Waals surface area contributed by atoms with Gasteiger partial charge in [-0.2, -0.15) is 5.10 Å². The maximum Gasteiger partial charge on any atom is 0.160 e. The molecule has 8 heteroatoms. The number of hydrogen-bond acceptors (Lipinski definition) is 7. The third-order valence-electron chi connectivity index (χ3n) is 4.75. The van der Waals surface area contributed by atoms with Crippen LogP contribution in [-0.4, -0.2) is 55.3 Å². The lowest BCUT2D eigenvalue weighted by molar-refractivity contribution is 0.288. The molecule has 3 aromatic heterocycles. The van der Waals surface area contributed by atoms with E-state index in [9.17, 15) is 0 Å². The highest BCUT2D eigenvalue weighted by Crippen LogP contribution is 2.39. The normalized spacial score (nSPS) is 23.2. The third-order valence-corrected chi connectivity index (χ3v) is 4.75. The van der Waals surface area contributed by atoms with E-state index < -0.39 is 0 Å². The van der Waals surface area contributed by atoms with Crippen LogP contribution in [0.1, 0.15) is 12.2 Å². The molecule has 3 fully saturated rings. The zero-order valence-electron chi connectivity index (χ0n) is 12.7. The average Bonchev–Trinajstić information content (AvgIpc) is 3.04. The van der Waals surface area contributed by atoms with Crippen LogP contribution in [0.15, 0.2) is 24.8 Å². The first-order chi connectivity index (χ1) is 11.3. The molecule has 6 heterocycles. The van der Waals surface area contributed by atoms with Gasteiger partial charge in [0.15, 0.2) is 5.65 Å². The monoisotopic (exact) mass is 308 g/mol. The van der Waals surface area contributed by atoms with Crippen molar-refractivity contribution in [1.82, 2.24) is 30.1 Å². The summed E-state index contributed by atoms with van der Waals surface area (Å²) >= 11 is 0. The van der Waals surface area contributed by atoms with Crippen LogP contribution in [0, 0.1) is 6.92 Å². The quantitative estimate of drug-likeness (QED) is 0.753. The molecule has 2 bridgehead atoms. The first-order valence-electron chi connectivity index (χ1n) is 7.76. The van der Waals surface area contributed by atoms with E-state index in [4.69, 9.17) is 0 Å². The number of anilines is 2. The number of piperidine rings is 1. The fourth-order valence-corrected chi connectivity index (χ4v) is 3.72. The molecular formula is C15H16N8. The maximum atomic E-state index is 4.55. The number of nitrogens with zero attached hydrogens (tertiary/aromatic N) is 7. The van der Waals surface area contributed by atoms with E-state index in [1.807, 2.05) is 25.4 Å². The number of nitrogens with one attached hydrogen (secondary N) is 1. The molecule has 6 rings (SSSR count). The summed E-state index contributed by atoms with van der Waals surface area (Å²) in [5.74, 6) is 2.82. The van der Waals surface area contributed by atoms with E-state index in [2.05, 4.69) is 39.9 Å². The van der Waals surface area contributed by atoms with Crippen LogP contribution in [0.3, 0.4) is 0 Å². The Morgan fingerprint density at radius 1 is 1.17 bits per heavy atom. The van der Waals surface area contributed by atoms with Gasteiger partial charge in [0.1, 0.15) is 23.8 Å². The molecule has 1 N–H and O–H groups in total. The van der Waals surface area contributed by atoms with Crippen molar-refractivity contribution in [3.63, 3.8) is 0 Å². The summed E-state index contributed by atoms with van der Waals surface area (Å²) < 4.78 is 0. The second kappa shape index (κ2) is 4.61. The van der Waals surface area contributed by atoms with E-state index in [0.717, 1.165) is 41.6 Å². The van der Waals surface area contributed by atoms with Gasteiger partial charge < -0.3 is 9.80 Å². The highest BCUT2D eigenvalue weighted by Gasteiger charge is 2.46. The van der Waals surface area contributed by atoms with Crippen LogP contribution < -0.4 is 9.80 Å². The van der Waals surface area contributed by atoms with Crippen molar-refractivity contribution in [3.8, 4) is 0 Å². The SMILES string of the molecule is Cc1nccc(N2CC3CC(C2)N3c2ncnc3[nH]ncc23)n1. The smallest absolute Gasteiger partial charge is 0.160 e. The Morgan fingerprint density at radius 2 is 2.04 bits per heavy atom. The standard InChI is InChI=1S/C15H16N8/c1-9-16-3-2-13(20-9)22-6-10-4-11(7-22)23(10)15-12-5-19-21-14(12)17-8-18-15/h2-3,5,8,10-11H,4,6-7H2,1H3,(H,17,18,19,21). The molecule has 0 aromatic carbocycles. The highest BCUT2D eigenvalue weighted by molar-refractivity contribution is 5.87. The molecule has 0 radical (unpaired) electrons. The van der Waals surface area contributed by atoms with Gasteiger partial charge in [0, 0.05) is 19.3 Å². The van der Waals surface area contributed by atoms with Crippen LogP contribution in [0.2, 0.25) is 0 Å². The summed E-state index contributed by atoms with van der Waals surface area (Å²) in [6.07, 6.45) is 6.44. The summed E-state index contributed by atoms with van der Waals surface area (Å²) in [6, 6.07) is 2.90. The molecule has 3 aromatic rings. The van der Waals surface area contributed by atoms with E-state index in [1.165, 1.54) is 6.42 Å². The van der Waals surface area contributed by atoms with Crippen LogP contribution in [-0.2, 0) is 0 Å². The summed E-state index contributed by atoms with van der Waals surface area (Å²) in [6.45, 7) is 3.84. The Labute approximate surface area is 132 Å². The van der Waals surface area contributed by atoms with Gasteiger partial charge in [-0.3, -0.25) is 5.10 Å². The molecule has 0 aliphatic carbocycles. The van der Waals surface area contributed by atoms with Crippen molar-refractivity contribution in [2.75, 3.05) is 22.9 Å². The Hall–Kier alpha value is -2.77. The van der Waals surface area contributed by atoms with Gasteiger partial charge in [0.2, 0.25) is 0 Å². The van der Waals surface area contributed by atoms with E-state index in [0.29, 0.717) is 12.1 Å². The maximum absolute atomic E-state index is 4.55. The molecule has 3 saturated heterocycles. The number of H-pyrrole nitrogens is 1. The second-order valence-corrected chi connectivity index (χ2v) is 6.15. The predicted molar refractivity (Wildman–Crippen MR) is 85.3 cm³/mol.